The van der Waals surface area contributed by atoms with E-state index in [4.69, 9.17) is 21.3 Å². The Balaban J connectivity index is 2.02. The van der Waals surface area contributed by atoms with Crippen LogP contribution < -0.4 is 11.5 Å². The summed E-state index contributed by atoms with van der Waals surface area (Å²) in [5.41, 5.74) is 12.1. The highest BCUT2D eigenvalue weighted by Crippen LogP contribution is 2.31. The number of aromatic nitrogens is 4. The molecule has 0 bridgehead atoms. The fourth-order valence-electron chi connectivity index (χ4n) is 2.22. The second kappa shape index (κ2) is 4.30. The number of rotatable bonds is 2. The summed E-state index contributed by atoms with van der Waals surface area (Å²) in [5, 5.41) is 18.8. The Labute approximate surface area is 107 Å². The standard InChI is InChI=1S/C10H14N6O3/c11-8-7-9(15-10(12)14-8)16(3-13-7)6-1-4(18)5(2-17)19-6/h3-6,17-18H,1-2H2,(H4,11,12,14,15)/t4-,5?,6-/m1/s1. The molecule has 2 aromatic rings. The number of nitrogens with two attached hydrogens (primary N) is 2. The van der Waals surface area contributed by atoms with Gasteiger partial charge in [-0.05, 0) is 0 Å². The highest BCUT2D eigenvalue weighted by atomic mass is 16.5. The number of ether oxygens (including phenoxy) is 1. The molecule has 0 aromatic carbocycles. The van der Waals surface area contributed by atoms with E-state index >= 15 is 0 Å². The van der Waals surface area contributed by atoms with E-state index in [-0.39, 0.29) is 18.4 Å². The van der Waals surface area contributed by atoms with Crippen LogP contribution in [0, 0.1) is 0 Å². The normalized spacial score (nSPS) is 27.2. The largest absolute Gasteiger partial charge is 0.394 e. The average Bonchev–Trinajstić information content (AvgIpc) is 2.92. The summed E-state index contributed by atoms with van der Waals surface area (Å²) in [6.45, 7) is -0.246. The van der Waals surface area contributed by atoms with Crippen molar-refractivity contribution in [3.63, 3.8) is 0 Å². The molecule has 3 atom stereocenters. The fraction of sp³-hybridized carbons (Fsp3) is 0.500. The SMILES string of the molecule is Nc1nc(N)c2ncn([C@H]3C[C@@H](O)C(CO)O3)c2n1. The molecule has 9 nitrogen and oxygen atoms in total. The minimum atomic E-state index is -0.732. The van der Waals surface area contributed by atoms with Crippen molar-refractivity contribution in [2.45, 2.75) is 24.9 Å². The molecule has 1 unspecified atom stereocenters. The molecule has 2 aromatic heterocycles. The Morgan fingerprint density at radius 1 is 1.42 bits per heavy atom. The van der Waals surface area contributed by atoms with Crippen LogP contribution in [-0.4, -0.2) is 48.5 Å². The Bertz CT molecular complexity index is 615. The van der Waals surface area contributed by atoms with Gasteiger partial charge in [-0.25, -0.2) is 4.98 Å². The van der Waals surface area contributed by atoms with E-state index in [9.17, 15) is 5.11 Å². The minimum absolute atomic E-state index is 0.0454. The van der Waals surface area contributed by atoms with Crippen LogP contribution in [0.5, 0.6) is 0 Å². The summed E-state index contributed by atoms with van der Waals surface area (Å²) in [5.74, 6) is 0.238. The Kier molecular flexibility index (Phi) is 2.73. The Morgan fingerprint density at radius 2 is 2.21 bits per heavy atom. The maximum Gasteiger partial charge on any atom is 0.224 e. The molecular weight excluding hydrogens is 252 g/mol. The van der Waals surface area contributed by atoms with E-state index in [1.807, 2.05) is 0 Å². The van der Waals surface area contributed by atoms with E-state index in [0.29, 0.717) is 17.6 Å². The third-order valence-electron chi connectivity index (χ3n) is 3.16. The molecule has 0 radical (unpaired) electrons. The van der Waals surface area contributed by atoms with E-state index in [2.05, 4.69) is 15.0 Å². The molecule has 0 spiro atoms. The van der Waals surface area contributed by atoms with Gasteiger partial charge in [0.05, 0.1) is 19.0 Å². The molecule has 3 heterocycles. The second-order valence-corrected chi connectivity index (χ2v) is 4.41. The van der Waals surface area contributed by atoms with Crippen molar-refractivity contribution < 1.29 is 14.9 Å². The zero-order valence-corrected chi connectivity index (χ0v) is 9.97. The predicted octanol–water partition coefficient (Wildman–Crippen LogP) is -1.37. The third-order valence-corrected chi connectivity index (χ3v) is 3.16. The Morgan fingerprint density at radius 3 is 2.89 bits per heavy atom. The number of hydrogen-bond donors (Lipinski definition) is 4. The molecule has 1 saturated heterocycles. The fourth-order valence-corrected chi connectivity index (χ4v) is 2.22. The molecule has 1 aliphatic heterocycles. The number of anilines is 2. The van der Waals surface area contributed by atoms with E-state index in [0.717, 1.165) is 0 Å². The van der Waals surface area contributed by atoms with Crippen molar-refractivity contribution in [3.8, 4) is 0 Å². The van der Waals surface area contributed by atoms with Crippen molar-refractivity contribution >= 4 is 22.9 Å². The molecule has 9 heteroatoms. The molecule has 102 valence electrons. The summed E-state index contributed by atoms with van der Waals surface area (Å²) in [6.07, 6.45) is 0.0288. The van der Waals surface area contributed by atoms with E-state index < -0.39 is 18.4 Å². The molecule has 0 amide bonds. The van der Waals surface area contributed by atoms with E-state index in [1.54, 1.807) is 4.57 Å². The van der Waals surface area contributed by atoms with Gasteiger partial charge in [-0.2, -0.15) is 9.97 Å². The van der Waals surface area contributed by atoms with Crippen molar-refractivity contribution in [2.24, 2.45) is 0 Å². The van der Waals surface area contributed by atoms with Crippen LogP contribution in [0.25, 0.3) is 11.2 Å². The van der Waals surface area contributed by atoms with Crippen LogP contribution in [0.4, 0.5) is 11.8 Å². The second-order valence-electron chi connectivity index (χ2n) is 4.41. The molecule has 1 fully saturated rings. The number of hydrogen-bond acceptors (Lipinski definition) is 8. The third kappa shape index (κ3) is 1.87. The summed E-state index contributed by atoms with van der Waals surface area (Å²) in [7, 11) is 0. The van der Waals surface area contributed by atoms with Crippen molar-refractivity contribution in [1.82, 2.24) is 19.5 Å². The molecular formula is C10H14N6O3. The minimum Gasteiger partial charge on any atom is -0.394 e. The molecule has 1 aliphatic rings. The van der Waals surface area contributed by atoms with Crippen LogP contribution in [0.1, 0.15) is 12.6 Å². The lowest BCUT2D eigenvalue weighted by Crippen LogP contribution is -2.24. The van der Waals surface area contributed by atoms with Crippen molar-refractivity contribution in [2.75, 3.05) is 18.1 Å². The van der Waals surface area contributed by atoms with Crippen molar-refractivity contribution in [3.05, 3.63) is 6.33 Å². The summed E-state index contributed by atoms with van der Waals surface area (Å²) >= 11 is 0. The highest BCUT2D eigenvalue weighted by molar-refractivity contribution is 5.82. The van der Waals surface area contributed by atoms with Gasteiger partial charge in [0.25, 0.3) is 0 Å². The molecule has 0 saturated carbocycles. The van der Waals surface area contributed by atoms with Gasteiger partial charge in [0.15, 0.2) is 11.5 Å². The number of nitrogen functional groups attached to an aromatic ring is 2. The lowest BCUT2D eigenvalue weighted by Gasteiger charge is -2.13. The lowest BCUT2D eigenvalue weighted by atomic mass is 10.2. The van der Waals surface area contributed by atoms with Gasteiger partial charge in [-0.15, -0.1) is 0 Å². The number of nitrogens with zero attached hydrogens (tertiary/aromatic N) is 4. The number of fused-ring (bicyclic) bond motifs is 1. The zero-order chi connectivity index (χ0) is 13.6. The molecule has 19 heavy (non-hydrogen) atoms. The van der Waals surface area contributed by atoms with Gasteiger partial charge in [0, 0.05) is 6.42 Å². The number of aliphatic hydroxyl groups excluding tert-OH is 2. The number of imidazole rings is 1. The van der Waals surface area contributed by atoms with Gasteiger partial charge < -0.3 is 26.4 Å². The lowest BCUT2D eigenvalue weighted by molar-refractivity contribution is -0.0432. The maximum absolute atomic E-state index is 9.74. The topological polar surface area (TPSA) is 145 Å². The smallest absolute Gasteiger partial charge is 0.224 e. The average molecular weight is 266 g/mol. The first-order valence-corrected chi connectivity index (χ1v) is 5.80. The van der Waals surface area contributed by atoms with Gasteiger partial charge in [0.1, 0.15) is 17.8 Å². The first kappa shape index (κ1) is 12.1. The summed E-state index contributed by atoms with van der Waals surface area (Å²) in [6, 6.07) is 0. The zero-order valence-electron chi connectivity index (χ0n) is 9.97. The van der Waals surface area contributed by atoms with Gasteiger partial charge in [-0.1, -0.05) is 0 Å². The monoisotopic (exact) mass is 266 g/mol. The van der Waals surface area contributed by atoms with Crippen LogP contribution in [0.2, 0.25) is 0 Å². The highest BCUT2D eigenvalue weighted by Gasteiger charge is 2.35. The van der Waals surface area contributed by atoms with E-state index in [1.165, 1.54) is 6.33 Å². The molecule has 3 rings (SSSR count). The maximum atomic E-state index is 9.74. The van der Waals surface area contributed by atoms with Gasteiger partial charge >= 0.3 is 0 Å². The predicted molar refractivity (Wildman–Crippen MR) is 65.8 cm³/mol. The van der Waals surface area contributed by atoms with Crippen LogP contribution in [0.15, 0.2) is 6.33 Å². The summed E-state index contributed by atoms with van der Waals surface area (Å²) in [4.78, 5) is 12.0. The van der Waals surface area contributed by atoms with Crippen LogP contribution in [0.3, 0.4) is 0 Å². The Hall–Kier alpha value is -1.97. The number of aliphatic hydroxyl groups is 2. The van der Waals surface area contributed by atoms with Gasteiger partial charge in [-0.3, -0.25) is 4.57 Å². The van der Waals surface area contributed by atoms with Crippen LogP contribution >= 0.6 is 0 Å². The van der Waals surface area contributed by atoms with Crippen molar-refractivity contribution in [1.29, 1.82) is 0 Å². The van der Waals surface area contributed by atoms with Gasteiger partial charge in [0.2, 0.25) is 5.95 Å². The quantitative estimate of drug-likeness (QED) is 0.521. The summed E-state index contributed by atoms with van der Waals surface area (Å²) < 4.78 is 7.16. The molecule has 6 N–H and O–H groups in total. The van der Waals surface area contributed by atoms with Crippen LogP contribution in [-0.2, 0) is 4.74 Å². The first-order chi connectivity index (χ1) is 9.10. The first-order valence-electron chi connectivity index (χ1n) is 5.80. The molecule has 0 aliphatic carbocycles.